The van der Waals surface area contributed by atoms with E-state index in [1.807, 2.05) is 6.92 Å². The second-order valence-corrected chi connectivity index (χ2v) is 7.04. The van der Waals surface area contributed by atoms with E-state index in [2.05, 4.69) is 6.92 Å². The van der Waals surface area contributed by atoms with Crippen LogP contribution in [0.3, 0.4) is 0 Å². The van der Waals surface area contributed by atoms with Crippen molar-refractivity contribution in [2.45, 2.75) is 96.7 Å². The molecule has 0 aromatic carbocycles. The van der Waals surface area contributed by atoms with Crippen molar-refractivity contribution < 1.29 is 20.1 Å². The Morgan fingerprint density at radius 2 is 1.45 bits per heavy atom. The van der Waals surface area contributed by atoms with Crippen LogP contribution in [0.15, 0.2) is 11.6 Å². The van der Waals surface area contributed by atoms with Gasteiger partial charge in [-0.2, -0.15) is 0 Å². The molecule has 2 atom stereocenters. The molecule has 3 N–H and O–H groups in total. The highest BCUT2D eigenvalue weighted by atomic mass is 16.4. The van der Waals surface area contributed by atoms with Crippen LogP contribution >= 0.6 is 0 Å². The van der Waals surface area contributed by atoms with Crippen molar-refractivity contribution in [3.05, 3.63) is 11.6 Å². The van der Waals surface area contributed by atoms with Gasteiger partial charge in [-0.3, -0.25) is 0 Å². The Kier molecular flexibility index (Phi) is 9.61. The van der Waals surface area contributed by atoms with Gasteiger partial charge in [-0.25, -0.2) is 4.79 Å². The number of rotatable bonds is 12. The van der Waals surface area contributed by atoms with Crippen LogP contribution in [0.1, 0.15) is 85.5 Å². The maximum Gasteiger partial charge on any atom is 0.330 e. The zero-order valence-electron chi connectivity index (χ0n) is 14.7. The fourth-order valence-electron chi connectivity index (χ4n) is 2.54. The quantitative estimate of drug-likeness (QED) is 0.375. The molecular weight excluding hydrogens is 280 g/mol. The summed E-state index contributed by atoms with van der Waals surface area (Å²) in [6.45, 7) is 7.36. The fraction of sp³-hybridized carbons (Fsp3) is 0.833. The normalized spacial score (nSPS) is 17.8. The molecule has 0 amide bonds. The average Bonchev–Trinajstić information content (AvgIpc) is 2.37. The number of unbranched alkanes of at least 4 members (excludes halogenated alkanes) is 2. The lowest BCUT2D eigenvalue weighted by Crippen LogP contribution is -2.27. The summed E-state index contributed by atoms with van der Waals surface area (Å²) in [5.41, 5.74) is -1.14. The van der Waals surface area contributed by atoms with E-state index in [0.717, 1.165) is 32.1 Å². The molecule has 0 aliphatic heterocycles. The van der Waals surface area contributed by atoms with Crippen LogP contribution in [0.5, 0.6) is 0 Å². The minimum Gasteiger partial charge on any atom is -0.478 e. The van der Waals surface area contributed by atoms with Crippen LogP contribution in [-0.2, 0) is 4.79 Å². The molecule has 0 bridgehead atoms. The first-order valence-electron chi connectivity index (χ1n) is 8.44. The summed E-state index contributed by atoms with van der Waals surface area (Å²) in [5, 5.41) is 29.4. The molecule has 0 aliphatic carbocycles. The topological polar surface area (TPSA) is 77.8 Å². The second kappa shape index (κ2) is 10.0. The number of carboxylic acid groups (broad SMARTS) is 1. The lowest BCUT2D eigenvalue weighted by atomic mass is 9.87. The summed E-state index contributed by atoms with van der Waals surface area (Å²) in [7, 11) is 0. The first kappa shape index (κ1) is 21.1. The van der Waals surface area contributed by atoms with Crippen molar-refractivity contribution in [3.8, 4) is 0 Å². The number of allylic oxidation sites excluding steroid dienone is 1. The van der Waals surface area contributed by atoms with E-state index in [0.29, 0.717) is 31.3 Å². The molecule has 0 heterocycles. The minimum atomic E-state index is -0.914. The van der Waals surface area contributed by atoms with Gasteiger partial charge in [-0.15, -0.1) is 0 Å². The summed E-state index contributed by atoms with van der Waals surface area (Å²) >= 11 is 0. The van der Waals surface area contributed by atoms with Gasteiger partial charge < -0.3 is 15.3 Å². The summed E-state index contributed by atoms with van der Waals surface area (Å²) in [6, 6.07) is 0. The van der Waals surface area contributed by atoms with Gasteiger partial charge in [0.1, 0.15) is 0 Å². The molecule has 0 saturated carbocycles. The predicted octanol–water partition coefficient (Wildman–Crippen LogP) is 4.05. The first-order valence-corrected chi connectivity index (χ1v) is 8.44. The maximum atomic E-state index is 10.7. The minimum absolute atomic E-state index is 0.314. The zero-order chi connectivity index (χ0) is 17.2. The number of carboxylic acids is 1. The van der Waals surface area contributed by atoms with E-state index in [-0.39, 0.29) is 0 Å². The molecule has 130 valence electrons. The Morgan fingerprint density at radius 1 is 0.955 bits per heavy atom. The molecule has 0 aromatic heterocycles. The van der Waals surface area contributed by atoms with Crippen molar-refractivity contribution >= 4 is 5.97 Å². The summed E-state index contributed by atoms with van der Waals surface area (Å²) < 4.78 is 0. The average molecular weight is 314 g/mol. The SMILES string of the molecule is CCCCCC(C)(O)CCCC(C)(O)CC/C=C(\C)C(=O)O. The maximum absolute atomic E-state index is 10.7. The van der Waals surface area contributed by atoms with Crippen LogP contribution < -0.4 is 0 Å². The number of hydrogen-bond donors (Lipinski definition) is 3. The van der Waals surface area contributed by atoms with Crippen LogP contribution in [0.2, 0.25) is 0 Å². The Morgan fingerprint density at radius 3 is 1.95 bits per heavy atom. The van der Waals surface area contributed by atoms with Gasteiger partial charge in [0.05, 0.1) is 11.2 Å². The van der Waals surface area contributed by atoms with Crippen molar-refractivity contribution in [1.82, 2.24) is 0 Å². The molecular formula is C18H34O4. The molecule has 0 aliphatic rings. The van der Waals surface area contributed by atoms with Gasteiger partial charge in [-0.1, -0.05) is 32.3 Å². The smallest absolute Gasteiger partial charge is 0.330 e. The fourth-order valence-corrected chi connectivity index (χ4v) is 2.54. The Bertz CT molecular complexity index is 356. The van der Waals surface area contributed by atoms with E-state index in [4.69, 9.17) is 5.11 Å². The molecule has 4 heteroatoms. The number of aliphatic carboxylic acids is 1. The lowest BCUT2D eigenvalue weighted by Gasteiger charge is -2.27. The van der Waals surface area contributed by atoms with Gasteiger partial charge in [0, 0.05) is 5.57 Å². The molecule has 0 saturated heterocycles. The molecule has 0 fully saturated rings. The molecule has 0 aromatic rings. The van der Waals surface area contributed by atoms with E-state index >= 15 is 0 Å². The monoisotopic (exact) mass is 314 g/mol. The van der Waals surface area contributed by atoms with Crippen molar-refractivity contribution in [2.24, 2.45) is 0 Å². The summed E-state index contributed by atoms with van der Waals surface area (Å²) in [4.78, 5) is 10.7. The predicted molar refractivity (Wildman–Crippen MR) is 89.9 cm³/mol. The molecule has 4 nitrogen and oxygen atoms in total. The van der Waals surface area contributed by atoms with Crippen LogP contribution in [0.4, 0.5) is 0 Å². The highest BCUT2D eigenvalue weighted by Gasteiger charge is 2.23. The third kappa shape index (κ3) is 10.8. The third-order valence-electron chi connectivity index (χ3n) is 4.22. The molecule has 0 radical (unpaired) electrons. The standard InChI is InChI=1S/C18H34O4/c1-5-6-7-11-17(3,21)13-9-14-18(4,22)12-8-10-15(2)16(19)20/h10,21-22H,5-9,11-14H2,1-4H3,(H,19,20)/b15-10+. The lowest BCUT2D eigenvalue weighted by molar-refractivity contribution is -0.132. The Hall–Kier alpha value is -0.870. The van der Waals surface area contributed by atoms with Crippen molar-refractivity contribution in [3.63, 3.8) is 0 Å². The first-order chi connectivity index (χ1) is 10.1. The van der Waals surface area contributed by atoms with Gasteiger partial charge in [0.2, 0.25) is 0 Å². The van der Waals surface area contributed by atoms with Gasteiger partial charge in [0.15, 0.2) is 0 Å². The largest absolute Gasteiger partial charge is 0.478 e. The van der Waals surface area contributed by atoms with Crippen LogP contribution in [-0.4, -0.2) is 32.5 Å². The van der Waals surface area contributed by atoms with Gasteiger partial charge in [0.25, 0.3) is 0 Å². The van der Waals surface area contributed by atoms with Gasteiger partial charge >= 0.3 is 5.97 Å². The molecule has 0 spiro atoms. The summed E-state index contributed by atoms with van der Waals surface area (Å²) in [6.07, 6.45) is 8.96. The van der Waals surface area contributed by atoms with E-state index in [9.17, 15) is 15.0 Å². The highest BCUT2D eigenvalue weighted by molar-refractivity contribution is 5.85. The third-order valence-corrected chi connectivity index (χ3v) is 4.22. The molecule has 2 unspecified atom stereocenters. The van der Waals surface area contributed by atoms with E-state index in [1.165, 1.54) is 0 Å². The van der Waals surface area contributed by atoms with Gasteiger partial charge in [-0.05, 0) is 59.3 Å². The summed E-state index contributed by atoms with van der Waals surface area (Å²) in [5.74, 6) is -0.914. The molecule has 22 heavy (non-hydrogen) atoms. The Labute approximate surface area is 135 Å². The second-order valence-electron chi connectivity index (χ2n) is 7.04. The van der Waals surface area contributed by atoms with E-state index < -0.39 is 17.2 Å². The van der Waals surface area contributed by atoms with Crippen LogP contribution in [0, 0.1) is 0 Å². The van der Waals surface area contributed by atoms with E-state index in [1.54, 1.807) is 19.9 Å². The number of hydrogen-bond acceptors (Lipinski definition) is 3. The van der Waals surface area contributed by atoms with Crippen molar-refractivity contribution in [1.29, 1.82) is 0 Å². The zero-order valence-corrected chi connectivity index (χ0v) is 14.7. The van der Waals surface area contributed by atoms with Crippen LogP contribution in [0.25, 0.3) is 0 Å². The number of aliphatic hydroxyl groups is 2. The highest BCUT2D eigenvalue weighted by Crippen LogP contribution is 2.26. The Balaban J connectivity index is 4.06. The van der Waals surface area contributed by atoms with Crippen molar-refractivity contribution in [2.75, 3.05) is 0 Å². The number of carbonyl (C=O) groups is 1. The molecule has 0 rings (SSSR count).